The molecule has 1 fully saturated rings. The summed E-state index contributed by atoms with van der Waals surface area (Å²) >= 11 is 0. The van der Waals surface area contributed by atoms with E-state index in [0.717, 1.165) is 37.0 Å². The Morgan fingerprint density at radius 2 is 2.29 bits per heavy atom. The van der Waals surface area contributed by atoms with Crippen LogP contribution in [0.15, 0.2) is 18.2 Å². The molecule has 1 amide bonds. The number of rotatable bonds is 4. The maximum atomic E-state index is 13.8. The van der Waals surface area contributed by atoms with Gasteiger partial charge in [0.2, 0.25) is 5.91 Å². The van der Waals surface area contributed by atoms with Crippen LogP contribution in [-0.2, 0) is 18.3 Å². The average Bonchev–Trinajstić information content (AvgIpc) is 2.85. The monoisotopic (exact) mass is 332 g/mol. The van der Waals surface area contributed by atoms with Gasteiger partial charge < -0.3 is 15.6 Å². The number of aryl methyl sites for hydroxylation is 1. The minimum atomic E-state index is -0.427. The second-order valence-electron chi connectivity index (χ2n) is 7.04. The molecular formula is C18H25FN4O. The van der Waals surface area contributed by atoms with E-state index in [4.69, 9.17) is 5.73 Å². The lowest BCUT2D eigenvalue weighted by Gasteiger charge is -2.37. The van der Waals surface area contributed by atoms with Crippen molar-refractivity contribution in [3.8, 4) is 0 Å². The standard InChI is InChI=1S/C18H25FN4O/c1-18(20)10-4-3-6-12(18)17(24)21-11-9-15-22-16-13(19)7-5-8-14(16)23(15)2/h5,7-8,12H,3-4,6,9-11,20H2,1-2H3,(H,21,24). The van der Waals surface area contributed by atoms with Crippen LogP contribution in [-0.4, -0.2) is 27.5 Å². The maximum Gasteiger partial charge on any atom is 0.224 e. The summed E-state index contributed by atoms with van der Waals surface area (Å²) in [4.78, 5) is 16.8. The molecule has 1 aromatic carbocycles. The van der Waals surface area contributed by atoms with Gasteiger partial charge in [-0.3, -0.25) is 4.79 Å². The number of carbonyl (C=O) groups is 1. The van der Waals surface area contributed by atoms with Gasteiger partial charge in [0.15, 0.2) is 5.82 Å². The highest BCUT2D eigenvalue weighted by Gasteiger charge is 2.37. The van der Waals surface area contributed by atoms with Crippen LogP contribution < -0.4 is 11.1 Å². The van der Waals surface area contributed by atoms with Crippen molar-refractivity contribution in [2.45, 2.75) is 44.6 Å². The molecule has 5 nitrogen and oxygen atoms in total. The molecule has 1 aliphatic carbocycles. The van der Waals surface area contributed by atoms with Gasteiger partial charge in [0.1, 0.15) is 11.3 Å². The van der Waals surface area contributed by atoms with E-state index >= 15 is 0 Å². The van der Waals surface area contributed by atoms with E-state index in [0.29, 0.717) is 18.5 Å². The van der Waals surface area contributed by atoms with Crippen LogP contribution in [0.4, 0.5) is 4.39 Å². The van der Waals surface area contributed by atoms with Gasteiger partial charge in [-0.25, -0.2) is 9.37 Å². The first-order valence-electron chi connectivity index (χ1n) is 8.56. The number of benzene rings is 1. The zero-order valence-electron chi connectivity index (χ0n) is 14.3. The summed E-state index contributed by atoms with van der Waals surface area (Å²) in [7, 11) is 1.87. The molecule has 2 aromatic rings. The number of aromatic nitrogens is 2. The number of carbonyl (C=O) groups excluding carboxylic acids is 1. The van der Waals surface area contributed by atoms with Crippen molar-refractivity contribution in [3.63, 3.8) is 0 Å². The Kier molecular flexibility index (Phi) is 4.58. The summed E-state index contributed by atoms with van der Waals surface area (Å²) in [5.41, 5.74) is 6.99. The van der Waals surface area contributed by atoms with Gasteiger partial charge in [0, 0.05) is 25.6 Å². The predicted molar refractivity (Wildman–Crippen MR) is 91.9 cm³/mol. The molecule has 1 heterocycles. The van der Waals surface area contributed by atoms with Gasteiger partial charge in [-0.15, -0.1) is 0 Å². The van der Waals surface area contributed by atoms with Crippen molar-refractivity contribution < 1.29 is 9.18 Å². The van der Waals surface area contributed by atoms with Crippen LogP contribution in [0.3, 0.4) is 0 Å². The molecule has 2 unspecified atom stereocenters. The van der Waals surface area contributed by atoms with Crippen LogP contribution in [0.25, 0.3) is 11.0 Å². The van der Waals surface area contributed by atoms with Crippen molar-refractivity contribution in [2.24, 2.45) is 18.7 Å². The molecule has 0 saturated heterocycles. The zero-order chi connectivity index (χ0) is 17.3. The largest absolute Gasteiger partial charge is 0.355 e. The van der Waals surface area contributed by atoms with E-state index in [2.05, 4.69) is 10.3 Å². The molecule has 2 atom stereocenters. The van der Waals surface area contributed by atoms with Crippen LogP contribution in [0.1, 0.15) is 38.4 Å². The summed E-state index contributed by atoms with van der Waals surface area (Å²) in [5, 5.41) is 2.98. The Labute approximate surface area is 141 Å². The number of amides is 1. The molecule has 0 aliphatic heterocycles. The average molecular weight is 332 g/mol. The van der Waals surface area contributed by atoms with Crippen LogP contribution in [0.5, 0.6) is 0 Å². The fourth-order valence-electron chi connectivity index (χ4n) is 3.66. The second kappa shape index (κ2) is 6.51. The number of halogens is 1. The minimum Gasteiger partial charge on any atom is -0.355 e. The molecule has 0 spiro atoms. The van der Waals surface area contributed by atoms with Crippen LogP contribution >= 0.6 is 0 Å². The topological polar surface area (TPSA) is 72.9 Å². The fraction of sp³-hybridized carbons (Fsp3) is 0.556. The number of hydrogen-bond acceptors (Lipinski definition) is 3. The lowest BCUT2D eigenvalue weighted by Crippen LogP contribution is -2.53. The molecular weight excluding hydrogens is 307 g/mol. The first-order valence-corrected chi connectivity index (χ1v) is 8.56. The van der Waals surface area contributed by atoms with Gasteiger partial charge in [-0.2, -0.15) is 0 Å². The van der Waals surface area contributed by atoms with Gasteiger partial charge in [-0.1, -0.05) is 18.9 Å². The number of fused-ring (bicyclic) bond motifs is 1. The summed E-state index contributed by atoms with van der Waals surface area (Å²) < 4.78 is 15.7. The Balaban J connectivity index is 1.63. The maximum absolute atomic E-state index is 13.8. The molecule has 1 aromatic heterocycles. The Bertz CT molecular complexity index is 753. The van der Waals surface area contributed by atoms with Crippen molar-refractivity contribution in [1.82, 2.24) is 14.9 Å². The van der Waals surface area contributed by atoms with E-state index in [1.54, 1.807) is 6.07 Å². The third-order valence-corrected chi connectivity index (χ3v) is 5.17. The second-order valence-corrected chi connectivity index (χ2v) is 7.04. The van der Waals surface area contributed by atoms with Gasteiger partial charge in [0.05, 0.1) is 11.4 Å². The van der Waals surface area contributed by atoms with Crippen LogP contribution in [0, 0.1) is 11.7 Å². The molecule has 0 bridgehead atoms. The molecule has 0 radical (unpaired) electrons. The van der Waals surface area contributed by atoms with Gasteiger partial charge in [0.25, 0.3) is 0 Å². The van der Waals surface area contributed by atoms with E-state index in [9.17, 15) is 9.18 Å². The third-order valence-electron chi connectivity index (χ3n) is 5.17. The predicted octanol–water partition coefficient (Wildman–Crippen LogP) is 2.28. The lowest BCUT2D eigenvalue weighted by molar-refractivity contribution is -0.128. The summed E-state index contributed by atoms with van der Waals surface area (Å²) in [5.74, 6) is 0.322. The number of nitrogens with one attached hydrogen (secondary N) is 1. The molecule has 24 heavy (non-hydrogen) atoms. The first-order chi connectivity index (χ1) is 11.4. The SMILES string of the molecule is Cn1c(CCNC(=O)C2CCCCC2(C)N)nc2c(F)cccc21. The Morgan fingerprint density at radius 3 is 3.00 bits per heavy atom. The molecule has 3 N–H and O–H groups in total. The van der Waals surface area contributed by atoms with E-state index < -0.39 is 5.54 Å². The lowest BCUT2D eigenvalue weighted by atomic mass is 9.74. The number of hydrogen-bond donors (Lipinski definition) is 2. The van der Waals surface area contributed by atoms with E-state index in [-0.39, 0.29) is 17.6 Å². The summed E-state index contributed by atoms with van der Waals surface area (Å²) in [6.07, 6.45) is 4.42. The number of para-hydroxylation sites is 1. The highest BCUT2D eigenvalue weighted by Crippen LogP contribution is 2.31. The Hall–Kier alpha value is -1.95. The number of imidazole rings is 1. The summed E-state index contributed by atoms with van der Waals surface area (Å²) in [6.45, 7) is 2.44. The van der Waals surface area contributed by atoms with Crippen molar-refractivity contribution in [2.75, 3.05) is 6.54 Å². The molecule has 3 rings (SSSR count). The number of nitrogens with zero attached hydrogens (tertiary/aromatic N) is 2. The van der Waals surface area contributed by atoms with Crippen molar-refractivity contribution in [3.05, 3.63) is 29.8 Å². The molecule has 1 saturated carbocycles. The third kappa shape index (κ3) is 3.15. The van der Waals surface area contributed by atoms with Gasteiger partial charge >= 0.3 is 0 Å². The zero-order valence-corrected chi connectivity index (χ0v) is 14.3. The normalized spacial score (nSPS) is 24.2. The Morgan fingerprint density at radius 1 is 1.50 bits per heavy atom. The van der Waals surface area contributed by atoms with Crippen LogP contribution in [0.2, 0.25) is 0 Å². The number of nitrogens with two attached hydrogens (primary N) is 1. The fourth-order valence-corrected chi connectivity index (χ4v) is 3.66. The quantitative estimate of drug-likeness (QED) is 0.902. The summed E-state index contributed by atoms with van der Waals surface area (Å²) in [6, 6.07) is 4.93. The smallest absolute Gasteiger partial charge is 0.224 e. The van der Waals surface area contributed by atoms with Crippen molar-refractivity contribution in [1.29, 1.82) is 0 Å². The minimum absolute atomic E-state index is 0.0182. The highest BCUT2D eigenvalue weighted by molar-refractivity contribution is 5.80. The highest BCUT2D eigenvalue weighted by atomic mass is 19.1. The van der Waals surface area contributed by atoms with Crippen molar-refractivity contribution >= 4 is 16.9 Å². The molecule has 6 heteroatoms. The van der Waals surface area contributed by atoms with E-state index in [1.165, 1.54) is 6.07 Å². The first kappa shape index (κ1) is 16.9. The molecule has 130 valence electrons. The molecule has 1 aliphatic rings. The van der Waals surface area contributed by atoms with Gasteiger partial charge in [-0.05, 0) is 31.9 Å². The van der Waals surface area contributed by atoms with E-state index in [1.807, 2.05) is 24.6 Å².